The normalized spacial score (nSPS) is 42.0. The lowest BCUT2D eigenvalue weighted by Gasteiger charge is -2.70. The van der Waals surface area contributed by atoms with Crippen molar-refractivity contribution in [3.8, 4) is 0 Å². The summed E-state index contributed by atoms with van der Waals surface area (Å²) in [6, 6.07) is 8.89. The van der Waals surface area contributed by atoms with E-state index in [1.165, 1.54) is 6.42 Å². The highest BCUT2D eigenvalue weighted by molar-refractivity contribution is 5.82. The minimum absolute atomic E-state index is 0.0118. The molecule has 286 valence electrons. The molecule has 0 spiro atoms. The molecule has 1 heterocycles. The fraction of sp³-hybridized carbons (Fsp3) is 0.818. The highest BCUT2D eigenvalue weighted by Gasteiger charge is 2.72. The number of esters is 1. The first-order valence-corrected chi connectivity index (χ1v) is 20.2. The monoisotopic (exact) mass is 708 g/mol. The molecule has 1 aliphatic heterocycles. The van der Waals surface area contributed by atoms with Crippen molar-refractivity contribution >= 4 is 12.1 Å². The van der Waals surface area contributed by atoms with E-state index in [1.807, 2.05) is 51.1 Å². The van der Waals surface area contributed by atoms with Gasteiger partial charge in [0, 0.05) is 11.8 Å². The number of nitrogens with one attached hydrogen (secondary N) is 1. The molecule has 1 aromatic rings. The van der Waals surface area contributed by atoms with Crippen molar-refractivity contribution in [1.82, 2.24) is 5.32 Å². The van der Waals surface area contributed by atoms with Gasteiger partial charge < -0.3 is 24.6 Å². The topological polar surface area (TPSA) is 94.1 Å². The van der Waals surface area contributed by atoms with Gasteiger partial charge in [-0.2, -0.15) is 0 Å². The van der Waals surface area contributed by atoms with Gasteiger partial charge in [-0.15, -0.1) is 0 Å². The Hall–Kier alpha value is -2.12. The van der Waals surface area contributed by atoms with E-state index in [1.54, 1.807) is 0 Å². The molecule has 51 heavy (non-hydrogen) atoms. The summed E-state index contributed by atoms with van der Waals surface area (Å²) in [5, 5.41) is 15.1. The lowest BCUT2D eigenvalue weighted by atomic mass is 9.35. The van der Waals surface area contributed by atoms with E-state index in [0.717, 1.165) is 63.4 Å². The zero-order chi connectivity index (χ0) is 37.4. The van der Waals surface area contributed by atoms with Gasteiger partial charge in [-0.1, -0.05) is 65.0 Å². The van der Waals surface area contributed by atoms with Crippen molar-refractivity contribution in [1.29, 1.82) is 0 Å². The van der Waals surface area contributed by atoms with Gasteiger partial charge in [0.1, 0.15) is 17.7 Å². The van der Waals surface area contributed by atoms with Gasteiger partial charge in [0.25, 0.3) is 0 Å². The number of carbonyl (C=O) groups excluding carboxylic acids is 2. The molecule has 6 rings (SSSR count). The zero-order valence-corrected chi connectivity index (χ0v) is 33.7. The second-order valence-electron chi connectivity index (χ2n) is 20.7. The molecule has 11 atom stereocenters. The van der Waals surface area contributed by atoms with Gasteiger partial charge in [-0.05, 0) is 151 Å². The number of fused-ring (bicyclic) bond motifs is 5. The summed E-state index contributed by atoms with van der Waals surface area (Å²) in [5.41, 5.74) is -0.176. The van der Waals surface area contributed by atoms with Crippen LogP contribution in [0, 0.1) is 45.3 Å². The third-order valence-corrected chi connectivity index (χ3v) is 15.6. The maximum atomic E-state index is 14.0. The van der Waals surface area contributed by atoms with E-state index in [9.17, 15) is 14.7 Å². The van der Waals surface area contributed by atoms with Crippen molar-refractivity contribution in [3.05, 3.63) is 35.9 Å². The number of ether oxygens (including phenoxy) is 3. The molecule has 4 saturated carbocycles. The molecule has 1 aromatic carbocycles. The highest BCUT2D eigenvalue weighted by atomic mass is 16.6. The van der Waals surface area contributed by atoms with Crippen molar-refractivity contribution in [2.45, 2.75) is 182 Å². The quantitative estimate of drug-likeness (QED) is 0.286. The number of aliphatic hydroxyl groups is 1. The number of hydrogen-bond acceptors (Lipinski definition) is 6. The van der Waals surface area contributed by atoms with Crippen LogP contribution in [0.25, 0.3) is 0 Å². The molecule has 7 heteroatoms. The zero-order valence-electron chi connectivity index (χ0n) is 33.7. The summed E-state index contributed by atoms with van der Waals surface area (Å²) in [7, 11) is 0. The maximum absolute atomic E-state index is 14.0. The Morgan fingerprint density at radius 3 is 2.20 bits per heavy atom. The SMILES string of the molecule is CC(C)(C)OC(=O)N[C@@H](Cc1ccccc1)C(=O)O[C@H]1CC[C@]2(C)[C@H]3C[C@@H](O)[C@@H]4[C@@H]([C@@]5(C)CCCC(C)(C)O5)CC[C@@]4(C)[C@]3(C)CC[C@H]2C1(C)C. The standard InChI is InChI=1S/C44H69NO6/c1-38(2,3)50-37(48)45-30(26-28-16-13-12-14-17-28)36(47)49-34-20-23-41(8)32(40(34,6)7)19-25-42(9)33(41)27-31(46)35-29(18-24-43(35,42)10)44(11)22-15-21-39(4,5)51-44/h12-14,16-17,29-35,46H,15,18-27H2,1-11H3,(H,45,48)/t29-,30-,31+,32-,33+,34-,35-,41-,42+,43+,44+/m0/s1. The van der Waals surface area contributed by atoms with Crippen molar-refractivity contribution in [2.75, 3.05) is 0 Å². The van der Waals surface area contributed by atoms with Crippen LogP contribution in [0.1, 0.15) is 146 Å². The van der Waals surface area contributed by atoms with E-state index in [0.29, 0.717) is 24.2 Å². The number of hydrogen-bond donors (Lipinski definition) is 2. The molecule has 5 aliphatic rings. The van der Waals surface area contributed by atoms with Gasteiger partial charge in [-0.3, -0.25) is 0 Å². The highest BCUT2D eigenvalue weighted by Crippen LogP contribution is 2.76. The van der Waals surface area contributed by atoms with E-state index in [-0.39, 0.29) is 51.0 Å². The summed E-state index contributed by atoms with van der Waals surface area (Å²) in [5.74, 6) is 0.915. The number of carbonyl (C=O) groups is 2. The van der Waals surface area contributed by atoms with E-state index < -0.39 is 23.7 Å². The smallest absolute Gasteiger partial charge is 0.408 e. The van der Waals surface area contributed by atoms with Crippen molar-refractivity contribution in [3.63, 3.8) is 0 Å². The minimum Gasteiger partial charge on any atom is -0.460 e. The van der Waals surface area contributed by atoms with Gasteiger partial charge in [-0.25, -0.2) is 9.59 Å². The number of amides is 1. The van der Waals surface area contributed by atoms with E-state index in [2.05, 4.69) is 60.7 Å². The first kappa shape index (κ1) is 38.6. The third kappa shape index (κ3) is 6.78. The third-order valence-electron chi connectivity index (χ3n) is 15.6. The molecule has 0 radical (unpaired) electrons. The fourth-order valence-electron chi connectivity index (χ4n) is 13.2. The maximum Gasteiger partial charge on any atom is 0.408 e. The minimum atomic E-state index is -0.859. The molecular weight excluding hydrogens is 638 g/mol. The summed E-state index contributed by atoms with van der Waals surface area (Å²) >= 11 is 0. The average molecular weight is 708 g/mol. The second kappa shape index (κ2) is 13.0. The number of rotatable bonds is 6. The number of aliphatic hydroxyl groups excluding tert-OH is 1. The van der Waals surface area contributed by atoms with Crippen LogP contribution in [0.3, 0.4) is 0 Å². The summed E-state index contributed by atoms with van der Waals surface area (Å²) in [4.78, 5) is 26.9. The first-order valence-electron chi connectivity index (χ1n) is 20.2. The molecular formula is C44H69NO6. The molecule has 4 aliphatic carbocycles. The summed E-state index contributed by atoms with van der Waals surface area (Å²) < 4.78 is 19.0. The van der Waals surface area contributed by atoms with Crippen LogP contribution in [-0.2, 0) is 25.4 Å². The Kier molecular flexibility index (Phi) is 9.86. The van der Waals surface area contributed by atoms with E-state index >= 15 is 0 Å². The Balaban J connectivity index is 1.21. The number of benzene rings is 1. The van der Waals surface area contributed by atoms with Crippen LogP contribution >= 0.6 is 0 Å². The molecule has 1 amide bonds. The molecule has 0 bridgehead atoms. The summed E-state index contributed by atoms with van der Waals surface area (Å²) in [6.07, 6.45) is 9.46. The Labute approximate surface area is 308 Å². The van der Waals surface area contributed by atoms with Crippen LogP contribution in [-0.4, -0.2) is 52.2 Å². The van der Waals surface area contributed by atoms with Gasteiger partial charge in [0.05, 0.1) is 17.3 Å². The Bertz CT molecular complexity index is 1450. The predicted octanol–water partition coefficient (Wildman–Crippen LogP) is 9.43. The predicted molar refractivity (Wildman–Crippen MR) is 201 cm³/mol. The fourth-order valence-corrected chi connectivity index (χ4v) is 13.2. The second-order valence-corrected chi connectivity index (χ2v) is 20.7. The van der Waals surface area contributed by atoms with Gasteiger partial charge >= 0.3 is 12.1 Å². The number of alkyl carbamates (subject to hydrolysis) is 1. The molecule has 0 unspecified atom stereocenters. The molecule has 1 saturated heterocycles. The first-order chi connectivity index (χ1) is 23.5. The average Bonchev–Trinajstić information content (AvgIpc) is 3.39. The lowest BCUT2D eigenvalue weighted by Crippen LogP contribution is -2.67. The van der Waals surface area contributed by atoms with E-state index in [4.69, 9.17) is 14.2 Å². The molecule has 2 N–H and O–H groups in total. The largest absolute Gasteiger partial charge is 0.460 e. The summed E-state index contributed by atoms with van der Waals surface area (Å²) in [6.45, 7) is 24.5. The molecule has 0 aromatic heterocycles. The van der Waals surface area contributed by atoms with Crippen LogP contribution in [0.5, 0.6) is 0 Å². The van der Waals surface area contributed by atoms with Crippen LogP contribution in [0.15, 0.2) is 30.3 Å². The van der Waals surface area contributed by atoms with Crippen LogP contribution in [0.4, 0.5) is 4.79 Å². The van der Waals surface area contributed by atoms with Crippen molar-refractivity contribution < 1.29 is 28.9 Å². The molecule has 5 fully saturated rings. The van der Waals surface area contributed by atoms with Crippen molar-refractivity contribution in [2.24, 2.45) is 45.3 Å². The molecule has 7 nitrogen and oxygen atoms in total. The van der Waals surface area contributed by atoms with Gasteiger partial charge in [0.2, 0.25) is 0 Å². The Morgan fingerprint density at radius 2 is 1.55 bits per heavy atom. The Morgan fingerprint density at radius 1 is 0.882 bits per heavy atom. The van der Waals surface area contributed by atoms with Crippen LogP contribution in [0.2, 0.25) is 0 Å². The van der Waals surface area contributed by atoms with Crippen LogP contribution < -0.4 is 5.32 Å². The van der Waals surface area contributed by atoms with Gasteiger partial charge in [0.15, 0.2) is 0 Å². The lowest BCUT2D eigenvalue weighted by molar-refractivity contribution is -0.259.